The third-order valence-electron chi connectivity index (χ3n) is 4.59. The zero-order valence-electron chi connectivity index (χ0n) is 13.8. The van der Waals surface area contributed by atoms with Gasteiger partial charge in [0.1, 0.15) is 11.9 Å². The highest BCUT2D eigenvalue weighted by Crippen LogP contribution is 2.28. The van der Waals surface area contributed by atoms with Crippen LogP contribution in [-0.4, -0.2) is 37.7 Å². The van der Waals surface area contributed by atoms with Crippen molar-refractivity contribution in [1.29, 1.82) is 0 Å². The molecule has 0 aliphatic carbocycles. The minimum absolute atomic E-state index is 0.272. The van der Waals surface area contributed by atoms with Gasteiger partial charge in [0.15, 0.2) is 0 Å². The quantitative estimate of drug-likeness (QED) is 0.738. The molecule has 7 heteroatoms. The van der Waals surface area contributed by atoms with E-state index in [1.807, 2.05) is 18.2 Å². The molecule has 0 saturated carbocycles. The van der Waals surface area contributed by atoms with Gasteiger partial charge >= 0.3 is 0 Å². The van der Waals surface area contributed by atoms with Crippen LogP contribution in [0.2, 0.25) is 0 Å². The monoisotopic (exact) mass is 340 g/mol. The van der Waals surface area contributed by atoms with Gasteiger partial charge < -0.3 is 14.0 Å². The Morgan fingerprint density at radius 1 is 1.32 bits per heavy atom. The van der Waals surface area contributed by atoms with Crippen LogP contribution < -0.4 is 0 Å². The van der Waals surface area contributed by atoms with E-state index in [0.717, 1.165) is 24.9 Å². The van der Waals surface area contributed by atoms with E-state index >= 15 is 0 Å². The van der Waals surface area contributed by atoms with Crippen LogP contribution in [0, 0.1) is 0 Å². The molecule has 0 aromatic carbocycles. The zero-order valence-corrected chi connectivity index (χ0v) is 13.8. The summed E-state index contributed by atoms with van der Waals surface area (Å²) in [6.07, 6.45) is 7.20. The van der Waals surface area contributed by atoms with Crippen molar-refractivity contribution in [3.05, 3.63) is 54.6 Å². The maximum Gasteiger partial charge on any atom is 0.241 e. The Hall–Kier alpha value is -2.51. The number of nitrogens with zero attached hydrogens (tertiary/aromatic N) is 4. The first-order valence-electron chi connectivity index (χ1n) is 8.48. The van der Waals surface area contributed by atoms with Crippen LogP contribution >= 0.6 is 0 Å². The number of aliphatic hydroxyl groups excluding tert-OH is 1. The molecule has 4 rings (SSSR count). The first-order valence-corrected chi connectivity index (χ1v) is 8.48. The summed E-state index contributed by atoms with van der Waals surface area (Å²) in [5.41, 5.74) is 0.837. The summed E-state index contributed by atoms with van der Waals surface area (Å²) < 4.78 is 10.7. The van der Waals surface area contributed by atoms with Gasteiger partial charge in [0.05, 0.1) is 12.8 Å². The third-order valence-corrected chi connectivity index (χ3v) is 4.59. The summed E-state index contributed by atoms with van der Waals surface area (Å²) in [5, 5.41) is 14.4. The topological polar surface area (TPSA) is 88.4 Å². The molecule has 0 spiro atoms. The predicted octanol–water partition coefficient (Wildman–Crippen LogP) is 2.81. The highest BCUT2D eigenvalue weighted by Gasteiger charge is 2.29. The van der Waals surface area contributed by atoms with E-state index in [2.05, 4.69) is 20.0 Å². The van der Waals surface area contributed by atoms with Gasteiger partial charge in [-0.3, -0.25) is 9.88 Å². The highest BCUT2D eigenvalue weighted by molar-refractivity contribution is 5.51. The number of hydrogen-bond acceptors (Lipinski definition) is 7. The van der Waals surface area contributed by atoms with Crippen molar-refractivity contribution in [2.45, 2.75) is 38.0 Å². The van der Waals surface area contributed by atoms with Gasteiger partial charge in [-0.25, -0.2) is 0 Å². The number of pyridine rings is 1. The van der Waals surface area contributed by atoms with Crippen LogP contribution in [0.4, 0.5) is 0 Å². The van der Waals surface area contributed by atoms with Gasteiger partial charge in [0, 0.05) is 24.0 Å². The summed E-state index contributed by atoms with van der Waals surface area (Å²) in [5.74, 6) is 1.75. The second kappa shape index (κ2) is 7.16. The van der Waals surface area contributed by atoms with Crippen LogP contribution in [0.1, 0.15) is 37.0 Å². The molecule has 1 aliphatic rings. The standard InChI is InChI=1S/C18H20N4O3/c23-15(16-6-3-9-24-16)10-14-5-2-8-22(14)12-17-20-18(21-25-17)13-4-1-7-19-11-13/h1,3-4,6-7,9,11,14-15,23H,2,5,8,10,12H2. The second-order valence-corrected chi connectivity index (χ2v) is 6.29. The fraction of sp³-hybridized carbons (Fsp3) is 0.389. The van der Waals surface area contributed by atoms with Crippen molar-refractivity contribution in [3.63, 3.8) is 0 Å². The van der Waals surface area contributed by atoms with Crippen molar-refractivity contribution < 1.29 is 14.0 Å². The minimum Gasteiger partial charge on any atom is -0.467 e. The van der Waals surface area contributed by atoms with Gasteiger partial charge in [-0.2, -0.15) is 4.98 Å². The van der Waals surface area contributed by atoms with Crippen LogP contribution in [0.3, 0.4) is 0 Å². The fourth-order valence-corrected chi connectivity index (χ4v) is 3.33. The van der Waals surface area contributed by atoms with E-state index in [1.54, 1.807) is 24.7 Å². The molecular weight excluding hydrogens is 320 g/mol. The van der Waals surface area contributed by atoms with Gasteiger partial charge in [-0.05, 0) is 50.1 Å². The molecule has 1 N–H and O–H groups in total. The minimum atomic E-state index is -0.589. The number of likely N-dealkylation sites (tertiary alicyclic amines) is 1. The molecule has 1 saturated heterocycles. The van der Waals surface area contributed by atoms with Crippen molar-refractivity contribution in [2.24, 2.45) is 0 Å². The molecular formula is C18H20N4O3. The largest absolute Gasteiger partial charge is 0.467 e. The van der Waals surface area contributed by atoms with E-state index < -0.39 is 6.10 Å². The molecule has 4 heterocycles. The molecule has 3 aromatic rings. The fourth-order valence-electron chi connectivity index (χ4n) is 3.33. The molecule has 130 valence electrons. The van der Waals surface area contributed by atoms with E-state index in [1.165, 1.54) is 0 Å². The highest BCUT2D eigenvalue weighted by atomic mass is 16.5. The Kier molecular flexibility index (Phi) is 4.58. The van der Waals surface area contributed by atoms with Crippen molar-refractivity contribution in [2.75, 3.05) is 6.54 Å². The van der Waals surface area contributed by atoms with Gasteiger partial charge in [-0.1, -0.05) is 5.16 Å². The third kappa shape index (κ3) is 3.62. The van der Waals surface area contributed by atoms with Crippen LogP contribution in [0.5, 0.6) is 0 Å². The molecule has 1 fully saturated rings. The number of aromatic nitrogens is 3. The zero-order chi connectivity index (χ0) is 17.1. The number of furan rings is 1. The Balaban J connectivity index is 1.41. The van der Waals surface area contributed by atoms with Crippen LogP contribution in [-0.2, 0) is 6.54 Å². The van der Waals surface area contributed by atoms with Gasteiger partial charge in [0.25, 0.3) is 0 Å². The number of hydrogen-bond donors (Lipinski definition) is 1. The van der Waals surface area contributed by atoms with E-state index in [9.17, 15) is 5.11 Å². The lowest BCUT2D eigenvalue weighted by Crippen LogP contribution is -2.30. The molecule has 2 unspecified atom stereocenters. The van der Waals surface area contributed by atoms with Crippen molar-refractivity contribution in [1.82, 2.24) is 20.0 Å². The Labute approximate surface area is 145 Å². The van der Waals surface area contributed by atoms with Gasteiger partial charge in [-0.15, -0.1) is 0 Å². The summed E-state index contributed by atoms with van der Waals surface area (Å²) in [6.45, 7) is 1.54. The summed E-state index contributed by atoms with van der Waals surface area (Å²) in [6, 6.07) is 7.62. The lowest BCUT2D eigenvalue weighted by atomic mass is 10.1. The lowest BCUT2D eigenvalue weighted by Gasteiger charge is -2.24. The Morgan fingerprint density at radius 3 is 3.08 bits per heavy atom. The molecule has 25 heavy (non-hydrogen) atoms. The molecule has 1 aliphatic heterocycles. The first-order chi connectivity index (χ1) is 12.3. The molecule has 0 amide bonds. The van der Waals surface area contributed by atoms with Crippen LogP contribution in [0.15, 0.2) is 51.9 Å². The first kappa shape index (κ1) is 16.0. The van der Waals surface area contributed by atoms with E-state index in [-0.39, 0.29) is 6.04 Å². The normalized spacial score (nSPS) is 19.3. The average molecular weight is 340 g/mol. The summed E-state index contributed by atoms with van der Waals surface area (Å²) in [7, 11) is 0. The SMILES string of the molecule is OC(CC1CCCN1Cc1nc(-c2cccnc2)no1)c1ccco1. The molecule has 3 aromatic heterocycles. The smallest absolute Gasteiger partial charge is 0.241 e. The summed E-state index contributed by atoms with van der Waals surface area (Å²) in [4.78, 5) is 10.8. The predicted molar refractivity (Wildman–Crippen MR) is 89.2 cm³/mol. The van der Waals surface area contributed by atoms with Gasteiger partial charge in [0.2, 0.25) is 11.7 Å². The molecule has 2 atom stereocenters. The van der Waals surface area contributed by atoms with Crippen molar-refractivity contribution >= 4 is 0 Å². The number of rotatable bonds is 6. The van der Waals surface area contributed by atoms with E-state index in [0.29, 0.717) is 30.4 Å². The second-order valence-electron chi connectivity index (χ2n) is 6.29. The summed E-state index contributed by atoms with van der Waals surface area (Å²) >= 11 is 0. The lowest BCUT2D eigenvalue weighted by molar-refractivity contribution is 0.0955. The number of aliphatic hydroxyl groups is 1. The van der Waals surface area contributed by atoms with E-state index in [4.69, 9.17) is 8.94 Å². The molecule has 0 bridgehead atoms. The maximum atomic E-state index is 10.3. The Bertz CT molecular complexity index is 788. The molecule has 0 radical (unpaired) electrons. The maximum absolute atomic E-state index is 10.3. The van der Waals surface area contributed by atoms with Crippen LogP contribution in [0.25, 0.3) is 11.4 Å². The molecule has 7 nitrogen and oxygen atoms in total. The van der Waals surface area contributed by atoms with Crippen molar-refractivity contribution in [3.8, 4) is 11.4 Å². The Morgan fingerprint density at radius 2 is 2.28 bits per heavy atom. The average Bonchev–Trinajstić information content (AvgIpc) is 3.38.